The summed E-state index contributed by atoms with van der Waals surface area (Å²) in [4.78, 5) is 14.6. The first-order valence-corrected chi connectivity index (χ1v) is 9.18. The number of carbonyl (C=O) groups excluding carboxylic acids is 1. The Balaban J connectivity index is 1.36. The number of rotatable bonds is 4. The van der Waals surface area contributed by atoms with Crippen molar-refractivity contribution in [1.82, 2.24) is 25.1 Å². The van der Waals surface area contributed by atoms with E-state index in [0.717, 1.165) is 5.69 Å². The van der Waals surface area contributed by atoms with Gasteiger partial charge in [-0.3, -0.25) is 4.79 Å². The highest BCUT2D eigenvalue weighted by Gasteiger charge is 2.28. The molecule has 0 saturated carbocycles. The fourth-order valence-electron chi connectivity index (χ4n) is 3.57. The molecule has 1 aliphatic heterocycles. The monoisotopic (exact) mass is 381 g/mol. The van der Waals surface area contributed by atoms with Gasteiger partial charge in [-0.05, 0) is 71.1 Å². The highest BCUT2D eigenvalue weighted by Crippen LogP contribution is 2.31. The van der Waals surface area contributed by atoms with Crippen LogP contribution >= 0.6 is 0 Å². The van der Waals surface area contributed by atoms with Crippen molar-refractivity contribution in [3.8, 4) is 5.69 Å². The Morgan fingerprint density at radius 1 is 1.07 bits per heavy atom. The summed E-state index contributed by atoms with van der Waals surface area (Å²) in [5.74, 6) is -0.294. The van der Waals surface area contributed by atoms with Crippen LogP contribution in [0.15, 0.2) is 54.9 Å². The minimum atomic E-state index is -0.645. The zero-order valence-electron chi connectivity index (χ0n) is 15.1. The predicted octanol–water partition coefficient (Wildman–Crippen LogP) is 2.39. The third-order valence-electron chi connectivity index (χ3n) is 5.21. The minimum Gasteiger partial charge on any atom is -0.388 e. The molecule has 1 aromatic heterocycles. The summed E-state index contributed by atoms with van der Waals surface area (Å²) in [5.41, 5.74) is 2.10. The number of hydrogen-bond acceptors (Lipinski definition) is 5. The highest BCUT2D eigenvalue weighted by molar-refractivity contribution is 5.94. The van der Waals surface area contributed by atoms with Gasteiger partial charge in [0.2, 0.25) is 0 Å². The first-order chi connectivity index (χ1) is 13.6. The van der Waals surface area contributed by atoms with E-state index in [1.165, 1.54) is 23.1 Å². The lowest BCUT2D eigenvalue weighted by molar-refractivity contribution is 0.0462. The molecule has 4 rings (SSSR count). The van der Waals surface area contributed by atoms with Crippen LogP contribution in [-0.2, 0) is 0 Å². The first kappa shape index (κ1) is 18.2. The quantitative estimate of drug-likeness (QED) is 0.750. The van der Waals surface area contributed by atoms with E-state index in [1.807, 2.05) is 0 Å². The van der Waals surface area contributed by atoms with Gasteiger partial charge in [0.15, 0.2) is 0 Å². The number of hydrogen-bond donors (Lipinski definition) is 1. The molecule has 0 spiro atoms. The number of carbonyl (C=O) groups is 1. The number of aliphatic hydroxyl groups excluding tert-OH is 1. The maximum atomic E-state index is 13.1. The van der Waals surface area contributed by atoms with Crippen LogP contribution in [0.25, 0.3) is 5.69 Å². The molecule has 2 heterocycles. The van der Waals surface area contributed by atoms with Crippen molar-refractivity contribution in [2.45, 2.75) is 18.9 Å². The molecule has 0 bridgehead atoms. The summed E-state index contributed by atoms with van der Waals surface area (Å²) in [7, 11) is 0. The van der Waals surface area contributed by atoms with Crippen LogP contribution in [0.3, 0.4) is 0 Å². The third kappa shape index (κ3) is 3.77. The van der Waals surface area contributed by atoms with Crippen LogP contribution in [0.1, 0.15) is 34.9 Å². The summed E-state index contributed by atoms with van der Waals surface area (Å²) in [5, 5.41) is 21.6. The maximum absolute atomic E-state index is 13.1. The third-order valence-corrected chi connectivity index (χ3v) is 5.21. The Bertz CT molecular complexity index is 920. The second kappa shape index (κ2) is 7.85. The van der Waals surface area contributed by atoms with Gasteiger partial charge in [-0.2, -0.15) is 0 Å². The maximum Gasteiger partial charge on any atom is 0.253 e. The van der Waals surface area contributed by atoms with Gasteiger partial charge in [0.25, 0.3) is 5.91 Å². The summed E-state index contributed by atoms with van der Waals surface area (Å²) in [6.07, 6.45) is 2.25. The average Bonchev–Trinajstić information content (AvgIpc) is 3.28. The SMILES string of the molecule is O=C(c1ccc(-n2cnnn2)cc1)N1CCC(C(O)c2ccc(F)cc2)CC1. The van der Waals surface area contributed by atoms with Crippen LogP contribution < -0.4 is 0 Å². The fourth-order valence-corrected chi connectivity index (χ4v) is 3.57. The lowest BCUT2D eigenvalue weighted by Gasteiger charge is -2.34. The van der Waals surface area contributed by atoms with E-state index in [1.54, 1.807) is 41.3 Å². The summed E-state index contributed by atoms with van der Waals surface area (Å²) in [6.45, 7) is 1.16. The van der Waals surface area contributed by atoms with Crippen molar-refractivity contribution in [3.05, 3.63) is 71.8 Å². The summed E-state index contributed by atoms with van der Waals surface area (Å²) in [6, 6.07) is 13.1. The Morgan fingerprint density at radius 3 is 2.36 bits per heavy atom. The number of likely N-dealkylation sites (tertiary alicyclic amines) is 1. The van der Waals surface area contributed by atoms with Crippen LogP contribution in [0.4, 0.5) is 4.39 Å². The molecule has 7 nitrogen and oxygen atoms in total. The fraction of sp³-hybridized carbons (Fsp3) is 0.300. The number of piperidine rings is 1. The minimum absolute atomic E-state index is 0.0296. The van der Waals surface area contributed by atoms with Crippen molar-refractivity contribution >= 4 is 5.91 Å². The van der Waals surface area contributed by atoms with E-state index in [4.69, 9.17) is 0 Å². The summed E-state index contributed by atoms with van der Waals surface area (Å²) < 4.78 is 14.6. The molecule has 8 heteroatoms. The second-order valence-electron chi connectivity index (χ2n) is 6.93. The molecule has 1 atom stereocenters. The van der Waals surface area contributed by atoms with E-state index in [2.05, 4.69) is 15.5 Å². The van der Waals surface area contributed by atoms with Gasteiger partial charge in [-0.15, -0.1) is 5.10 Å². The lowest BCUT2D eigenvalue weighted by atomic mass is 9.87. The predicted molar refractivity (Wildman–Crippen MR) is 99.1 cm³/mol. The van der Waals surface area contributed by atoms with Crippen molar-refractivity contribution in [2.24, 2.45) is 5.92 Å². The van der Waals surface area contributed by atoms with Gasteiger partial charge in [0.05, 0.1) is 11.8 Å². The van der Waals surface area contributed by atoms with Crippen LogP contribution in [0, 0.1) is 11.7 Å². The normalized spacial score (nSPS) is 16.1. The Kier molecular flexibility index (Phi) is 5.12. The van der Waals surface area contributed by atoms with E-state index >= 15 is 0 Å². The number of aromatic nitrogens is 4. The largest absolute Gasteiger partial charge is 0.388 e. The molecule has 1 fully saturated rings. The standard InChI is InChI=1S/C20H20FN5O2/c21-17-5-1-14(2-6-17)19(27)15-9-11-25(12-10-15)20(28)16-3-7-18(8-4-16)26-13-22-23-24-26/h1-8,13,15,19,27H,9-12H2. The molecule has 2 aromatic carbocycles. The number of nitrogens with zero attached hydrogens (tertiary/aromatic N) is 5. The van der Waals surface area contributed by atoms with E-state index in [9.17, 15) is 14.3 Å². The zero-order chi connectivity index (χ0) is 19.5. The van der Waals surface area contributed by atoms with E-state index in [-0.39, 0.29) is 17.6 Å². The van der Waals surface area contributed by atoms with Gasteiger partial charge in [0, 0.05) is 18.7 Å². The molecule has 28 heavy (non-hydrogen) atoms. The summed E-state index contributed by atoms with van der Waals surface area (Å²) >= 11 is 0. The number of benzene rings is 2. The average molecular weight is 381 g/mol. The van der Waals surface area contributed by atoms with E-state index in [0.29, 0.717) is 37.1 Å². The topological polar surface area (TPSA) is 84.1 Å². The van der Waals surface area contributed by atoms with Crippen LogP contribution in [0.2, 0.25) is 0 Å². The van der Waals surface area contributed by atoms with Crippen molar-refractivity contribution in [2.75, 3.05) is 13.1 Å². The second-order valence-corrected chi connectivity index (χ2v) is 6.93. The zero-order valence-corrected chi connectivity index (χ0v) is 15.1. The lowest BCUT2D eigenvalue weighted by Crippen LogP contribution is -2.39. The highest BCUT2D eigenvalue weighted by atomic mass is 19.1. The van der Waals surface area contributed by atoms with E-state index < -0.39 is 6.10 Å². The van der Waals surface area contributed by atoms with Crippen molar-refractivity contribution in [1.29, 1.82) is 0 Å². The van der Waals surface area contributed by atoms with Crippen LogP contribution in [-0.4, -0.2) is 49.2 Å². The Hall–Kier alpha value is -3.13. The van der Waals surface area contributed by atoms with Gasteiger partial charge in [0.1, 0.15) is 12.1 Å². The molecule has 1 saturated heterocycles. The number of aliphatic hydroxyl groups is 1. The molecule has 1 unspecified atom stereocenters. The smallest absolute Gasteiger partial charge is 0.253 e. The molecule has 3 aromatic rings. The van der Waals surface area contributed by atoms with Gasteiger partial charge >= 0.3 is 0 Å². The molecule has 1 N–H and O–H groups in total. The van der Waals surface area contributed by atoms with Gasteiger partial charge in [-0.1, -0.05) is 12.1 Å². The molecular weight excluding hydrogens is 361 g/mol. The molecule has 1 aliphatic rings. The molecule has 144 valence electrons. The van der Waals surface area contributed by atoms with Crippen molar-refractivity contribution in [3.63, 3.8) is 0 Å². The molecule has 0 aliphatic carbocycles. The number of halogens is 1. The Labute approximate surface area is 161 Å². The number of tetrazole rings is 1. The molecule has 0 radical (unpaired) electrons. The molecular formula is C20H20FN5O2. The van der Waals surface area contributed by atoms with Crippen LogP contribution in [0.5, 0.6) is 0 Å². The van der Waals surface area contributed by atoms with Crippen molar-refractivity contribution < 1.29 is 14.3 Å². The van der Waals surface area contributed by atoms with Gasteiger partial charge in [-0.25, -0.2) is 9.07 Å². The molecule has 1 amide bonds. The first-order valence-electron chi connectivity index (χ1n) is 9.18. The Morgan fingerprint density at radius 2 is 1.75 bits per heavy atom. The van der Waals surface area contributed by atoms with Gasteiger partial charge < -0.3 is 10.0 Å². The number of amides is 1.